The van der Waals surface area contributed by atoms with Gasteiger partial charge in [-0.05, 0) is 49.4 Å². The Morgan fingerprint density at radius 2 is 2.12 bits per heavy atom. The maximum atomic E-state index is 5.12. The monoisotopic (exact) mass is 219 g/mol. The first kappa shape index (κ1) is 11.6. The predicted octanol–water partition coefficient (Wildman–Crippen LogP) is 2.34. The van der Waals surface area contributed by atoms with Gasteiger partial charge in [0.1, 0.15) is 0 Å². The van der Waals surface area contributed by atoms with Crippen LogP contribution in [0.2, 0.25) is 0 Å². The fourth-order valence-corrected chi connectivity index (χ4v) is 2.38. The SMILES string of the molecule is COCCc1cccc(C2CCNCC2)c1. The van der Waals surface area contributed by atoms with Crippen LogP contribution >= 0.6 is 0 Å². The zero-order valence-corrected chi connectivity index (χ0v) is 10.0. The van der Waals surface area contributed by atoms with Gasteiger partial charge in [-0.25, -0.2) is 0 Å². The third kappa shape index (κ3) is 3.06. The minimum atomic E-state index is 0.753. The average molecular weight is 219 g/mol. The molecule has 0 saturated carbocycles. The lowest BCUT2D eigenvalue weighted by atomic mass is 9.89. The minimum Gasteiger partial charge on any atom is -0.384 e. The van der Waals surface area contributed by atoms with E-state index in [4.69, 9.17) is 4.74 Å². The van der Waals surface area contributed by atoms with Crippen LogP contribution in [-0.4, -0.2) is 26.8 Å². The molecule has 88 valence electrons. The molecule has 0 unspecified atom stereocenters. The van der Waals surface area contributed by atoms with E-state index in [1.807, 2.05) is 0 Å². The minimum absolute atomic E-state index is 0.753. The Bertz CT molecular complexity index is 318. The number of methoxy groups -OCH3 is 1. The van der Waals surface area contributed by atoms with Crippen LogP contribution < -0.4 is 5.32 Å². The second-order valence-electron chi connectivity index (χ2n) is 4.51. The first-order chi connectivity index (χ1) is 7.90. The van der Waals surface area contributed by atoms with Crippen molar-refractivity contribution in [1.29, 1.82) is 0 Å². The summed E-state index contributed by atoms with van der Waals surface area (Å²) in [6.07, 6.45) is 3.57. The Hall–Kier alpha value is -0.860. The van der Waals surface area contributed by atoms with Crippen LogP contribution in [0, 0.1) is 0 Å². The molecule has 1 fully saturated rings. The second-order valence-corrected chi connectivity index (χ2v) is 4.51. The van der Waals surface area contributed by atoms with Crippen molar-refractivity contribution in [2.24, 2.45) is 0 Å². The highest BCUT2D eigenvalue weighted by Crippen LogP contribution is 2.25. The highest BCUT2D eigenvalue weighted by atomic mass is 16.5. The van der Waals surface area contributed by atoms with Crippen LogP contribution in [0.1, 0.15) is 29.9 Å². The Morgan fingerprint density at radius 3 is 2.88 bits per heavy atom. The van der Waals surface area contributed by atoms with Gasteiger partial charge in [-0.2, -0.15) is 0 Å². The number of rotatable bonds is 4. The summed E-state index contributed by atoms with van der Waals surface area (Å²) < 4.78 is 5.12. The Morgan fingerprint density at radius 1 is 1.31 bits per heavy atom. The molecule has 1 aromatic carbocycles. The van der Waals surface area contributed by atoms with Crippen LogP contribution in [0.4, 0.5) is 0 Å². The lowest BCUT2D eigenvalue weighted by Gasteiger charge is -2.23. The van der Waals surface area contributed by atoms with Gasteiger partial charge in [-0.3, -0.25) is 0 Å². The molecule has 1 aliphatic heterocycles. The van der Waals surface area contributed by atoms with Crippen molar-refractivity contribution in [2.45, 2.75) is 25.2 Å². The van der Waals surface area contributed by atoms with Crippen molar-refractivity contribution in [3.63, 3.8) is 0 Å². The first-order valence-electron chi connectivity index (χ1n) is 6.18. The van der Waals surface area contributed by atoms with Crippen molar-refractivity contribution >= 4 is 0 Å². The van der Waals surface area contributed by atoms with Gasteiger partial charge >= 0.3 is 0 Å². The van der Waals surface area contributed by atoms with Gasteiger partial charge in [0, 0.05) is 7.11 Å². The van der Waals surface area contributed by atoms with E-state index in [0.29, 0.717) is 0 Å². The van der Waals surface area contributed by atoms with Crippen LogP contribution in [-0.2, 0) is 11.2 Å². The number of hydrogen-bond donors (Lipinski definition) is 1. The van der Waals surface area contributed by atoms with Gasteiger partial charge < -0.3 is 10.1 Å². The third-order valence-corrected chi connectivity index (χ3v) is 3.36. The number of nitrogens with one attached hydrogen (secondary N) is 1. The highest BCUT2D eigenvalue weighted by molar-refractivity contribution is 5.27. The average Bonchev–Trinajstić information content (AvgIpc) is 2.38. The number of ether oxygens (including phenoxy) is 1. The molecule has 0 aliphatic carbocycles. The molecular formula is C14H21NO. The maximum absolute atomic E-state index is 5.12. The summed E-state index contributed by atoms with van der Waals surface area (Å²) in [7, 11) is 1.76. The Kier molecular flexibility index (Phi) is 4.37. The van der Waals surface area contributed by atoms with E-state index < -0.39 is 0 Å². The first-order valence-corrected chi connectivity index (χ1v) is 6.18. The number of hydrogen-bond acceptors (Lipinski definition) is 2. The molecule has 1 N–H and O–H groups in total. The van der Waals surface area contributed by atoms with E-state index in [2.05, 4.69) is 29.6 Å². The molecule has 1 saturated heterocycles. The summed E-state index contributed by atoms with van der Waals surface area (Å²) >= 11 is 0. The van der Waals surface area contributed by atoms with Crippen LogP contribution in [0.25, 0.3) is 0 Å². The van der Waals surface area contributed by atoms with E-state index >= 15 is 0 Å². The molecule has 2 heteroatoms. The standard InChI is InChI=1S/C14H21NO/c1-16-10-7-12-3-2-4-14(11-12)13-5-8-15-9-6-13/h2-4,11,13,15H,5-10H2,1H3. The van der Waals surface area contributed by atoms with Gasteiger partial charge in [-0.1, -0.05) is 24.3 Å². The Labute approximate surface area is 98.0 Å². The van der Waals surface area contributed by atoms with E-state index in [9.17, 15) is 0 Å². The van der Waals surface area contributed by atoms with Gasteiger partial charge in [0.2, 0.25) is 0 Å². The summed E-state index contributed by atoms with van der Waals surface area (Å²) in [4.78, 5) is 0. The van der Waals surface area contributed by atoms with E-state index in [0.717, 1.165) is 32.0 Å². The van der Waals surface area contributed by atoms with Crippen LogP contribution in [0.5, 0.6) is 0 Å². The zero-order valence-electron chi connectivity index (χ0n) is 10.0. The summed E-state index contributed by atoms with van der Waals surface area (Å²) in [6.45, 7) is 3.13. The molecular weight excluding hydrogens is 198 g/mol. The van der Waals surface area contributed by atoms with Crippen molar-refractivity contribution in [3.8, 4) is 0 Å². The lowest BCUT2D eigenvalue weighted by molar-refractivity contribution is 0.202. The van der Waals surface area contributed by atoms with Crippen LogP contribution in [0.15, 0.2) is 24.3 Å². The molecule has 0 aromatic heterocycles. The molecule has 1 aromatic rings. The summed E-state index contributed by atoms with van der Waals surface area (Å²) in [5, 5.41) is 3.41. The molecule has 16 heavy (non-hydrogen) atoms. The summed E-state index contributed by atoms with van der Waals surface area (Å²) in [5.41, 5.74) is 2.91. The normalized spacial score (nSPS) is 17.6. The second kappa shape index (κ2) is 6.02. The smallest absolute Gasteiger partial charge is 0.0502 e. The van der Waals surface area contributed by atoms with Crippen molar-refractivity contribution in [1.82, 2.24) is 5.32 Å². The molecule has 0 radical (unpaired) electrons. The fraction of sp³-hybridized carbons (Fsp3) is 0.571. The zero-order chi connectivity index (χ0) is 11.2. The Balaban J connectivity index is 2.02. The summed E-state index contributed by atoms with van der Waals surface area (Å²) in [5.74, 6) is 0.753. The largest absolute Gasteiger partial charge is 0.384 e. The van der Waals surface area contributed by atoms with Gasteiger partial charge in [0.05, 0.1) is 6.61 Å². The molecule has 0 bridgehead atoms. The number of piperidine rings is 1. The van der Waals surface area contributed by atoms with E-state index in [-0.39, 0.29) is 0 Å². The molecule has 0 amide bonds. The number of benzene rings is 1. The quantitative estimate of drug-likeness (QED) is 0.839. The third-order valence-electron chi connectivity index (χ3n) is 3.36. The molecule has 0 spiro atoms. The molecule has 2 rings (SSSR count). The maximum Gasteiger partial charge on any atom is 0.0502 e. The van der Waals surface area contributed by atoms with Gasteiger partial charge in [-0.15, -0.1) is 0 Å². The van der Waals surface area contributed by atoms with Crippen molar-refractivity contribution < 1.29 is 4.74 Å². The molecule has 2 nitrogen and oxygen atoms in total. The van der Waals surface area contributed by atoms with E-state index in [1.165, 1.54) is 24.0 Å². The molecule has 0 atom stereocenters. The topological polar surface area (TPSA) is 21.3 Å². The molecule has 1 aliphatic rings. The van der Waals surface area contributed by atoms with E-state index in [1.54, 1.807) is 7.11 Å². The van der Waals surface area contributed by atoms with Gasteiger partial charge in [0.25, 0.3) is 0 Å². The van der Waals surface area contributed by atoms with Crippen LogP contribution in [0.3, 0.4) is 0 Å². The van der Waals surface area contributed by atoms with Gasteiger partial charge in [0.15, 0.2) is 0 Å². The van der Waals surface area contributed by atoms with Crippen molar-refractivity contribution in [3.05, 3.63) is 35.4 Å². The summed E-state index contributed by atoms with van der Waals surface area (Å²) in [6, 6.07) is 9.01. The highest BCUT2D eigenvalue weighted by Gasteiger charge is 2.14. The lowest BCUT2D eigenvalue weighted by Crippen LogP contribution is -2.26. The predicted molar refractivity (Wildman–Crippen MR) is 66.9 cm³/mol. The fourth-order valence-electron chi connectivity index (χ4n) is 2.38. The van der Waals surface area contributed by atoms with Crippen molar-refractivity contribution in [2.75, 3.05) is 26.8 Å². The molecule has 1 heterocycles.